The zero-order chi connectivity index (χ0) is 14.5. The summed E-state index contributed by atoms with van der Waals surface area (Å²) in [4.78, 5) is 2.44. The van der Waals surface area contributed by atoms with E-state index in [4.69, 9.17) is 22.4 Å². The largest absolute Gasteiger partial charge is 0.396 e. The van der Waals surface area contributed by atoms with Gasteiger partial charge in [-0.25, -0.2) is 0 Å². The summed E-state index contributed by atoms with van der Waals surface area (Å²) < 4.78 is 0.977. The standard InChI is InChI=1S/C15H22BrClN2O/c16-12-1-2-13(14(17)9-12)15(18)4-7-19-6-3-11(10-19)5-8-20/h1-2,9,11,15,20H,3-8,10,18H2. The number of hydrogen-bond donors (Lipinski definition) is 2. The van der Waals surface area contributed by atoms with Gasteiger partial charge in [0.1, 0.15) is 0 Å². The van der Waals surface area contributed by atoms with Crippen molar-refractivity contribution in [2.75, 3.05) is 26.2 Å². The molecule has 0 radical (unpaired) electrons. The van der Waals surface area contributed by atoms with Gasteiger partial charge in [0.25, 0.3) is 0 Å². The van der Waals surface area contributed by atoms with E-state index in [2.05, 4.69) is 20.8 Å². The Morgan fingerprint density at radius 3 is 3.00 bits per heavy atom. The summed E-state index contributed by atoms with van der Waals surface area (Å²) in [6, 6.07) is 5.85. The molecule has 2 atom stereocenters. The fraction of sp³-hybridized carbons (Fsp3) is 0.600. The number of likely N-dealkylation sites (tertiary alicyclic amines) is 1. The lowest BCUT2D eigenvalue weighted by molar-refractivity contribution is 0.249. The third kappa shape index (κ3) is 4.43. The number of nitrogens with two attached hydrogens (primary N) is 1. The molecular weight excluding hydrogens is 340 g/mol. The Kier molecular flexibility index (Phi) is 6.30. The molecule has 0 aromatic heterocycles. The molecule has 112 valence electrons. The number of nitrogens with zero attached hydrogens (tertiary/aromatic N) is 1. The summed E-state index contributed by atoms with van der Waals surface area (Å²) in [6.45, 7) is 3.49. The van der Waals surface area contributed by atoms with Crippen LogP contribution in [-0.2, 0) is 0 Å². The molecule has 20 heavy (non-hydrogen) atoms. The van der Waals surface area contributed by atoms with Gasteiger partial charge >= 0.3 is 0 Å². The van der Waals surface area contributed by atoms with Crippen LogP contribution >= 0.6 is 27.5 Å². The van der Waals surface area contributed by atoms with Crippen LogP contribution in [0.4, 0.5) is 0 Å². The third-order valence-electron chi connectivity index (χ3n) is 4.03. The molecule has 0 bridgehead atoms. The fourth-order valence-corrected chi connectivity index (χ4v) is 3.63. The van der Waals surface area contributed by atoms with Crippen molar-refractivity contribution in [2.45, 2.75) is 25.3 Å². The Morgan fingerprint density at radius 2 is 2.30 bits per heavy atom. The number of rotatable bonds is 6. The van der Waals surface area contributed by atoms with Gasteiger partial charge in [0.15, 0.2) is 0 Å². The molecule has 1 fully saturated rings. The lowest BCUT2D eigenvalue weighted by atomic mass is 10.0. The van der Waals surface area contributed by atoms with Crippen LogP contribution in [0.5, 0.6) is 0 Å². The molecule has 0 saturated carbocycles. The van der Waals surface area contributed by atoms with E-state index in [0.717, 1.165) is 47.5 Å². The van der Waals surface area contributed by atoms with Gasteiger partial charge in [-0.1, -0.05) is 33.6 Å². The Hall–Kier alpha value is -0.130. The molecule has 1 aromatic rings. The molecule has 2 unspecified atom stereocenters. The Bertz CT molecular complexity index is 444. The van der Waals surface area contributed by atoms with Gasteiger partial charge < -0.3 is 15.7 Å². The predicted octanol–water partition coefficient (Wildman–Crippen LogP) is 3.20. The van der Waals surface area contributed by atoms with Crippen LogP contribution in [0.15, 0.2) is 22.7 Å². The molecule has 1 aliphatic rings. The maximum absolute atomic E-state index is 8.98. The van der Waals surface area contributed by atoms with Crippen molar-refractivity contribution in [3.8, 4) is 0 Å². The molecule has 0 amide bonds. The van der Waals surface area contributed by atoms with Crippen molar-refractivity contribution in [1.29, 1.82) is 0 Å². The van der Waals surface area contributed by atoms with Crippen LogP contribution in [0.1, 0.15) is 30.9 Å². The summed E-state index contributed by atoms with van der Waals surface area (Å²) >= 11 is 9.64. The second kappa shape index (κ2) is 7.76. The first-order valence-electron chi connectivity index (χ1n) is 7.14. The van der Waals surface area contributed by atoms with Crippen molar-refractivity contribution in [3.05, 3.63) is 33.3 Å². The van der Waals surface area contributed by atoms with E-state index in [1.807, 2.05) is 18.2 Å². The van der Waals surface area contributed by atoms with Gasteiger partial charge in [0.2, 0.25) is 0 Å². The van der Waals surface area contributed by atoms with Gasteiger partial charge in [-0.05, 0) is 56.0 Å². The molecule has 2 rings (SSSR count). The minimum Gasteiger partial charge on any atom is -0.396 e. The van der Waals surface area contributed by atoms with Crippen LogP contribution in [0.25, 0.3) is 0 Å². The molecule has 5 heteroatoms. The third-order valence-corrected chi connectivity index (χ3v) is 4.85. The first-order chi connectivity index (χ1) is 9.60. The first-order valence-corrected chi connectivity index (χ1v) is 8.31. The fourth-order valence-electron chi connectivity index (χ4n) is 2.81. The highest BCUT2D eigenvalue weighted by molar-refractivity contribution is 9.10. The predicted molar refractivity (Wildman–Crippen MR) is 86.9 cm³/mol. The molecule has 1 heterocycles. The van der Waals surface area contributed by atoms with Gasteiger partial charge in [0.05, 0.1) is 0 Å². The van der Waals surface area contributed by atoms with Crippen molar-refractivity contribution in [2.24, 2.45) is 11.7 Å². The van der Waals surface area contributed by atoms with Crippen molar-refractivity contribution in [3.63, 3.8) is 0 Å². The van der Waals surface area contributed by atoms with Gasteiger partial charge in [0, 0.05) is 28.7 Å². The smallest absolute Gasteiger partial charge is 0.0464 e. The Morgan fingerprint density at radius 1 is 1.50 bits per heavy atom. The zero-order valence-corrected chi connectivity index (χ0v) is 13.9. The molecule has 1 aromatic carbocycles. The van der Waals surface area contributed by atoms with Crippen molar-refractivity contribution in [1.82, 2.24) is 4.90 Å². The van der Waals surface area contributed by atoms with E-state index in [0.29, 0.717) is 12.5 Å². The monoisotopic (exact) mass is 360 g/mol. The van der Waals surface area contributed by atoms with Gasteiger partial charge in [-0.3, -0.25) is 0 Å². The highest BCUT2D eigenvalue weighted by Crippen LogP contribution is 2.28. The molecule has 0 spiro atoms. The van der Waals surface area contributed by atoms with Gasteiger partial charge in [-0.15, -0.1) is 0 Å². The van der Waals surface area contributed by atoms with Crippen molar-refractivity contribution < 1.29 is 5.11 Å². The topological polar surface area (TPSA) is 49.5 Å². The number of aliphatic hydroxyl groups excluding tert-OH is 1. The lowest BCUT2D eigenvalue weighted by Crippen LogP contribution is -2.25. The molecular formula is C15H22BrClN2O. The van der Waals surface area contributed by atoms with E-state index < -0.39 is 0 Å². The number of benzene rings is 1. The van der Waals surface area contributed by atoms with Crippen LogP contribution in [0.2, 0.25) is 5.02 Å². The van der Waals surface area contributed by atoms with E-state index >= 15 is 0 Å². The summed E-state index contributed by atoms with van der Waals surface area (Å²) in [5.41, 5.74) is 7.27. The minimum absolute atomic E-state index is 0.0208. The highest BCUT2D eigenvalue weighted by atomic mass is 79.9. The molecule has 3 N–H and O–H groups in total. The Balaban J connectivity index is 1.82. The summed E-state index contributed by atoms with van der Waals surface area (Å²) in [6.07, 6.45) is 3.02. The summed E-state index contributed by atoms with van der Waals surface area (Å²) in [7, 11) is 0. The van der Waals surface area contributed by atoms with E-state index in [9.17, 15) is 0 Å². The maximum atomic E-state index is 8.98. The number of halogens is 2. The normalized spacial score (nSPS) is 21.3. The van der Waals surface area contributed by atoms with Crippen molar-refractivity contribution >= 4 is 27.5 Å². The van der Waals surface area contributed by atoms with Crippen LogP contribution < -0.4 is 5.73 Å². The average Bonchev–Trinajstić information content (AvgIpc) is 2.84. The maximum Gasteiger partial charge on any atom is 0.0464 e. The summed E-state index contributed by atoms with van der Waals surface area (Å²) in [5, 5.41) is 9.70. The lowest BCUT2D eigenvalue weighted by Gasteiger charge is -2.20. The SMILES string of the molecule is NC(CCN1CCC(CCO)C1)c1ccc(Br)cc1Cl. The van der Waals surface area contributed by atoms with Crippen LogP contribution in [0, 0.1) is 5.92 Å². The van der Waals surface area contributed by atoms with Crippen LogP contribution in [-0.4, -0.2) is 36.2 Å². The molecule has 1 saturated heterocycles. The molecule has 1 aliphatic heterocycles. The first kappa shape index (κ1) is 16.2. The highest BCUT2D eigenvalue weighted by Gasteiger charge is 2.22. The van der Waals surface area contributed by atoms with Gasteiger partial charge in [-0.2, -0.15) is 0 Å². The van der Waals surface area contributed by atoms with E-state index in [-0.39, 0.29) is 6.04 Å². The quantitative estimate of drug-likeness (QED) is 0.818. The molecule has 3 nitrogen and oxygen atoms in total. The average molecular weight is 362 g/mol. The van der Waals surface area contributed by atoms with E-state index in [1.165, 1.54) is 6.42 Å². The minimum atomic E-state index is -0.0208. The Labute approximate surface area is 134 Å². The zero-order valence-electron chi connectivity index (χ0n) is 11.6. The number of hydrogen-bond acceptors (Lipinski definition) is 3. The number of aliphatic hydroxyl groups is 1. The van der Waals surface area contributed by atoms with E-state index in [1.54, 1.807) is 0 Å². The second-order valence-electron chi connectivity index (χ2n) is 5.53. The second-order valence-corrected chi connectivity index (χ2v) is 6.85. The summed E-state index contributed by atoms with van der Waals surface area (Å²) in [5.74, 6) is 0.646. The van der Waals surface area contributed by atoms with Crippen LogP contribution in [0.3, 0.4) is 0 Å². The molecule has 0 aliphatic carbocycles.